The average Bonchev–Trinajstić information content (AvgIpc) is 2.71. The summed E-state index contributed by atoms with van der Waals surface area (Å²) < 4.78 is 0. The fourth-order valence-electron chi connectivity index (χ4n) is 2.61. The van der Waals surface area contributed by atoms with E-state index in [1.165, 1.54) is 4.91 Å². The van der Waals surface area contributed by atoms with Crippen molar-refractivity contribution in [1.82, 2.24) is 20.6 Å². The molecule has 0 radical (unpaired) electrons. The number of hydrogen-bond acceptors (Lipinski definition) is 6. The molecule has 1 unspecified atom stereocenters. The molecular formula is C24H35N5S. The quantitative estimate of drug-likeness (QED) is 0.181. The van der Waals surface area contributed by atoms with E-state index in [0.717, 1.165) is 35.7 Å². The monoisotopic (exact) mass is 425 g/mol. The van der Waals surface area contributed by atoms with Crippen LogP contribution in [0.5, 0.6) is 0 Å². The number of rotatable bonds is 14. The molecule has 0 saturated heterocycles. The molecule has 5 nitrogen and oxygen atoms in total. The summed E-state index contributed by atoms with van der Waals surface area (Å²) in [5.74, 6) is 2.07. The third kappa shape index (κ3) is 10.8. The number of nitrogens with zero attached hydrogens (tertiary/aromatic N) is 3. The van der Waals surface area contributed by atoms with Gasteiger partial charge in [-0.2, -0.15) is 0 Å². The standard InChI is InChI=1S/C24H35N5S/c1-8-23(25-7)21(6)28-17-24-26-13-12-22(29-24)16-27-20(5)15-19(4)11-9-10-14-30-18(2)3/h8-9,11-13,17,19,25,27H,2,5-6,10,14-16H2,1,3-4,7H3/b11-9+,23-8-,28-17+. The van der Waals surface area contributed by atoms with Crippen LogP contribution in [0.1, 0.15) is 45.1 Å². The Balaban J connectivity index is 2.48. The van der Waals surface area contributed by atoms with Gasteiger partial charge in [-0.15, -0.1) is 11.8 Å². The van der Waals surface area contributed by atoms with Gasteiger partial charge < -0.3 is 10.6 Å². The molecule has 0 amide bonds. The third-order valence-electron chi connectivity index (χ3n) is 4.12. The molecule has 1 rings (SSSR count). The van der Waals surface area contributed by atoms with Crippen molar-refractivity contribution >= 4 is 18.0 Å². The summed E-state index contributed by atoms with van der Waals surface area (Å²) in [5.41, 5.74) is 3.40. The van der Waals surface area contributed by atoms with Crippen LogP contribution < -0.4 is 10.6 Å². The van der Waals surface area contributed by atoms with Crippen LogP contribution in [0.25, 0.3) is 0 Å². The van der Waals surface area contributed by atoms with Crippen LogP contribution in [0, 0.1) is 5.92 Å². The van der Waals surface area contributed by atoms with Crippen LogP contribution in [-0.2, 0) is 6.54 Å². The lowest BCUT2D eigenvalue weighted by molar-refractivity contribution is 0.647. The van der Waals surface area contributed by atoms with Crippen molar-refractivity contribution in [3.8, 4) is 0 Å². The van der Waals surface area contributed by atoms with Crippen molar-refractivity contribution in [3.63, 3.8) is 0 Å². The zero-order chi connectivity index (χ0) is 22.4. The van der Waals surface area contributed by atoms with Crippen molar-refractivity contribution in [1.29, 1.82) is 0 Å². The van der Waals surface area contributed by atoms with E-state index >= 15 is 0 Å². The summed E-state index contributed by atoms with van der Waals surface area (Å²) in [7, 11) is 1.84. The maximum atomic E-state index is 4.52. The maximum absolute atomic E-state index is 4.52. The zero-order valence-electron chi connectivity index (χ0n) is 18.7. The fourth-order valence-corrected chi connectivity index (χ4v) is 3.21. The first-order valence-corrected chi connectivity index (χ1v) is 11.1. The minimum Gasteiger partial charge on any atom is -0.387 e. The molecule has 2 N–H and O–H groups in total. The van der Waals surface area contributed by atoms with Crippen LogP contribution in [0.3, 0.4) is 0 Å². The summed E-state index contributed by atoms with van der Waals surface area (Å²) in [6.45, 7) is 18.8. The van der Waals surface area contributed by atoms with E-state index in [0.29, 0.717) is 24.0 Å². The number of nitrogens with one attached hydrogen (secondary N) is 2. The lowest BCUT2D eigenvalue weighted by Crippen LogP contribution is -2.15. The van der Waals surface area contributed by atoms with E-state index in [1.54, 1.807) is 24.2 Å². The summed E-state index contributed by atoms with van der Waals surface area (Å²) in [6.07, 6.45) is 11.7. The molecule has 162 valence electrons. The van der Waals surface area contributed by atoms with Crippen LogP contribution in [0.4, 0.5) is 0 Å². The van der Waals surface area contributed by atoms with E-state index in [-0.39, 0.29) is 0 Å². The molecule has 0 saturated carbocycles. The molecule has 1 heterocycles. The van der Waals surface area contributed by atoms with Gasteiger partial charge in [0.05, 0.1) is 29.8 Å². The number of allylic oxidation sites excluding steroid dienone is 5. The molecule has 0 bridgehead atoms. The van der Waals surface area contributed by atoms with E-state index < -0.39 is 0 Å². The van der Waals surface area contributed by atoms with E-state index in [1.807, 2.05) is 33.0 Å². The average molecular weight is 426 g/mol. The Morgan fingerprint density at radius 2 is 2.10 bits per heavy atom. The Bertz CT molecular complexity index is 808. The summed E-state index contributed by atoms with van der Waals surface area (Å²) in [4.78, 5) is 14.3. The van der Waals surface area contributed by atoms with Gasteiger partial charge in [-0.25, -0.2) is 9.97 Å². The summed E-state index contributed by atoms with van der Waals surface area (Å²) >= 11 is 1.80. The van der Waals surface area contributed by atoms with Gasteiger partial charge in [0, 0.05) is 24.7 Å². The normalized spacial score (nSPS) is 12.9. The van der Waals surface area contributed by atoms with Crippen molar-refractivity contribution in [3.05, 3.63) is 83.7 Å². The highest BCUT2D eigenvalue weighted by molar-refractivity contribution is 8.03. The number of thioether (sulfide) groups is 1. The number of aromatic nitrogens is 2. The maximum Gasteiger partial charge on any atom is 0.170 e. The van der Waals surface area contributed by atoms with E-state index in [9.17, 15) is 0 Å². The fraction of sp³-hybridized carbons (Fsp3) is 0.375. The first-order chi connectivity index (χ1) is 14.3. The third-order valence-corrected chi connectivity index (χ3v) is 5.05. The van der Waals surface area contributed by atoms with E-state index in [4.69, 9.17) is 0 Å². The van der Waals surface area contributed by atoms with Crippen molar-refractivity contribution in [2.24, 2.45) is 10.9 Å². The summed E-state index contributed by atoms with van der Waals surface area (Å²) in [5, 5.41) is 6.41. The molecule has 1 aromatic heterocycles. The number of hydrogen-bond donors (Lipinski definition) is 2. The number of aliphatic imine (C=N–C) groups is 1. The second-order valence-corrected chi connectivity index (χ2v) is 8.36. The lowest BCUT2D eigenvalue weighted by atomic mass is 10.1. The van der Waals surface area contributed by atoms with Crippen LogP contribution in [0.15, 0.2) is 77.2 Å². The van der Waals surface area contributed by atoms with Crippen LogP contribution in [0.2, 0.25) is 0 Å². The highest BCUT2D eigenvalue weighted by atomic mass is 32.2. The smallest absolute Gasteiger partial charge is 0.170 e. The second kappa shape index (κ2) is 14.4. The highest BCUT2D eigenvalue weighted by Gasteiger charge is 2.03. The van der Waals surface area contributed by atoms with Gasteiger partial charge in [0.2, 0.25) is 0 Å². The molecule has 0 aliphatic rings. The van der Waals surface area contributed by atoms with E-state index in [2.05, 4.69) is 64.4 Å². The first kappa shape index (κ1) is 25.4. The lowest BCUT2D eigenvalue weighted by Gasteiger charge is -2.12. The molecule has 0 aliphatic carbocycles. The predicted octanol–water partition coefficient (Wildman–Crippen LogP) is 5.38. The van der Waals surface area contributed by atoms with Gasteiger partial charge in [0.1, 0.15) is 0 Å². The minimum atomic E-state index is 0.437. The Kier molecular flexibility index (Phi) is 12.2. The first-order valence-electron chi connectivity index (χ1n) is 10.1. The van der Waals surface area contributed by atoms with Gasteiger partial charge in [-0.1, -0.05) is 44.9 Å². The molecule has 0 aromatic carbocycles. The summed E-state index contributed by atoms with van der Waals surface area (Å²) in [6, 6.07) is 1.89. The Morgan fingerprint density at radius 3 is 2.77 bits per heavy atom. The zero-order valence-corrected chi connectivity index (χ0v) is 19.6. The predicted molar refractivity (Wildman–Crippen MR) is 132 cm³/mol. The Morgan fingerprint density at radius 1 is 1.33 bits per heavy atom. The molecule has 30 heavy (non-hydrogen) atoms. The molecular weight excluding hydrogens is 390 g/mol. The topological polar surface area (TPSA) is 62.2 Å². The van der Waals surface area contributed by atoms with Gasteiger partial charge in [0.25, 0.3) is 0 Å². The molecule has 0 spiro atoms. The van der Waals surface area contributed by atoms with Crippen molar-refractivity contribution in [2.45, 2.75) is 40.2 Å². The largest absolute Gasteiger partial charge is 0.387 e. The Labute approximate surface area is 186 Å². The van der Waals surface area contributed by atoms with Gasteiger partial charge in [-0.05, 0) is 43.6 Å². The Hall–Kier alpha value is -2.60. The highest BCUT2D eigenvalue weighted by Crippen LogP contribution is 2.14. The van der Waals surface area contributed by atoms with Gasteiger partial charge in [0.15, 0.2) is 5.82 Å². The van der Waals surface area contributed by atoms with Gasteiger partial charge >= 0.3 is 0 Å². The van der Waals surface area contributed by atoms with Crippen molar-refractivity contribution in [2.75, 3.05) is 12.8 Å². The van der Waals surface area contributed by atoms with Crippen LogP contribution >= 0.6 is 11.8 Å². The number of likely N-dealkylation sites (N-methyl/N-ethyl adjacent to an activating group) is 1. The van der Waals surface area contributed by atoms with Gasteiger partial charge in [-0.3, -0.25) is 4.99 Å². The molecule has 6 heteroatoms. The second-order valence-electron chi connectivity index (χ2n) is 6.97. The minimum absolute atomic E-state index is 0.437. The van der Waals surface area contributed by atoms with Crippen LogP contribution in [-0.4, -0.2) is 29.0 Å². The molecule has 1 aromatic rings. The molecule has 1 atom stereocenters. The molecule has 0 fully saturated rings. The SMILES string of the molecule is C=C(CC(C)/C=C/CCSC(=C)C)NCc1ccnc(/C=N/C(=C)/C(=C/C)NC)n1. The molecule has 0 aliphatic heterocycles. The van der Waals surface area contributed by atoms with Crippen molar-refractivity contribution < 1.29 is 0 Å².